The van der Waals surface area contributed by atoms with E-state index in [-0.39, 0.29) is 22.2 Å². The van der Waals surface area contributed by atoms with Crippen molar-refractivity contribution in [2.75, 3.05) is 0 Å². The summed E-state index contributed by atoms with van der Waals surface area (Å²) in [5, 5.41) is 19.1. The summed E-state index contributed by atoms with van der Waals surface area (Å²) < 4.78 is 7.72. The van der Waals surface area contributed by atoms with Crippen molar-refractivity contribution < 1.29 is 18.7 Å². The molecule has 0 fully saturated rings. The summed E-state index contributed by atoms with van der Waals surface area (Å²) in [4.78, 5) is 0. The van der Waals surface area contributed by atoms with E-state index in [1.807, 2.05) is 31.4 Å². The molecule has 0 spiro atoms. The largest absolute Gasteiger partial charge is 0.458 e. The smallest absolute Gasteiger partial charge is 0.0236 e. The van der Waals surface area contributed by atoms with E-state index in [1.165, 1.54) is 0 Å². The van der Waals surface area contributed by atoms with E-state index in [1.54, 1.807) is 0 Å². The van der Waals surface area contributed by atoms with Crippen molar-refractivity contribution in [3.05, 3.63) is 12.7 Å². The molecular weight excluding hydrogens is 352 g/mol. The van der Waals surface area contributed by atoms with Crippen molar-refractivity contribution in [3.8, 4) is 11.6 Å². The van der Waals surface area contributed by atoms with Gasteiger partial charge < -0.3 is 0 Å². The van der Waals surface area contributed by atoms with Crippen LogP contribution < -0.4 is 18.7 Å². The van der Waals surface area contributed by atoms with Gasteiger partial charge in [0.15, 0.2) is 22.2 Å². The first-order valence-corrected chi connectivity index (χ1v) is 9.87. The lowest BCUT2D eigenvalue weighted by Gasteiger charge is -2.14. The van der Waals surface area contributed by atoms with Crippen LogP contribution in [0.25, 0.3) is 11.6 Å². The van der Waals surface area contributed by atoms with Crippen molar-refractivity contribution in [1.29, 1.82) is 0 Å². The Labute approximate surface area is 169 Å². The quantitative estimate of drug-likeness (QED) is 0.684. The van der Waals surface area contributed by atoms with Gasteiger partial charge in [-0.1, -0.05) is 0 Å². The van der Waals surface area contributed by atoms with E-state index in [2.05, 4.69) is 83.1 Å². The van der Waals surface area contributed by atoms with Crippen LogP contribution in [0.15, 0.2) is 12.7 Å². The van der Waals surface area contributed by atoms with Crippen LogP contribution in [0.1, 0.15) is 83.1 Å². The van der Waals surface area contributed by atoms with Gasteiger partial charge in [-0.2, -0.15) is 0 Å². The van der Waals surface area contributed by atoms with Gasteiger partial charge in [0.2, 0.25) is 0 Å². The molecule has 2 aromatic heterocycles. The second kappa shape index (κ2) is 6.74. The molecule has 0 aliphatic heterocycles. The first-order chi connectivity index (χ1) is 12.4. The van der Waals surface area contributed by atoms with Gasteiger partial charge in [-0.3, -0.25) is 0 Å². The second-order valence-corrected chi connectivity index (χ2v) is 11.3. The van der Waals surface area contributed by atoms with Crippen LogP contribution in [0.3, 0.4) is 0 Å². The van der Waals surface area contributed by atoms with Gasteiger partial charge in [-0.15, -0.1) is 0 Å². The summed E-state index contributed by atoms with van der Waals surface area (Å²) in [6, 6.07) is 0. The molecule has 0 bridgehead atoms. The second-order valence-electron chi connectivity index (χ2n) is 11.3. The molecule has 2 heterocycles. The minimum absolute atomic E-state index is 0.195. The normalized spacial score (nSPS) is 13.7. The Kier molecular flexibility index (Phi) is 5.34. The molecule has 2 aromatic rings. The monoisotopic (exact) mass is 390 g/mol. The standard InChI is InChI=1S/C20H38N8/c1-17(2,3)25-13-26(18(4,5)6)22-15(21-25)16-23-27(19(7,8)9)14-28(24-16)20(10,11)12/h13-14H,1-12H3/q+4. The molecule has 0 amide bonds. The van der Waals surface area contributed by atoms with Crippen molar-refractivity contribution in [3.63, 3.8) is 0 Å². The Hall–Kier alpha value is -2.12. The van der Waals surface area contributed by atoms with Crippen molar-refractivity contribution in [2.24, 2.45) is 0 Å². The van der Waals surface area contributed by atoms with E-state index < -0.39 is 0 Å². The minimum atomic E-state index is -0.195. The van der Waals surface area contributed by atoms with Gasteiger partial charge in [0.05, 0.1) is 0 Å². The van der Waals surface area contributed by atoms with E-state index >= 15 is 0 Å². The molecule has 0 saturated heterocycles. The maximum absolute atomic E-state index is 4.77. The summed E-state index contributed by atoms with van der Waals surface area (Å²) in [5.74, 6) is 1.01. The highest BCUT2D eigenvalue weighted by Gasteiger charge is 2.40. The minimum Gasteiger partial charge on any atom is -0.0236 e. The Bertz CT molecular complexity index is 724. The average molecular weight is 391 g/mol. The van der Waals surface area contributed by atoms with E-state index in [0.29, 0.717) is 11.6 Å². The van der Waals surface area contributed by atoms with Crippen LogP contribution in [0.5, 0.6) is 0 Å². The zero-order valence-electron chi connectivity index (χ0n) is 19.7. The summed E-state index contributed by atoms with van der Waals surface area (Å²) in [6.45, 7) is 25.4. The zero-order valence-corrected chi connectivity index (χ0v) is 19.7. The maximum Gasteiger partial charge on any atom is 0.458 e. The van der Waals surface area contributed by atoms with E-state index in [4.69, 9.17) is 20.4 Å². The predicted octanol–water partition coefficient (Wildman–Crippen LogP) is 1.10. The third-order valence-electron chi connectivity index (χ3n) is 4.20. The maximum atomic E-state index is 4.77. The molecule has 0 N–H and O–H groups in total. The highest BCUT2D eigenvalue weighted by atomic mass is 15.5. The molecule has 2 rings (SSSR count). The third-order valence-corrected chi connectivity index (χ3v) is 4.20. The summed E-state index contributed by atoms with van der Waals surface area (Å²) >= 11 is 0. The van der Waals surface area contributed by atoms with Crippen LogP contribution in [-0.4, -0.2) is 20.4 Å². The van der Waals surface area contributed by atoms with Gasteiger partial charge >= 0.3 is 24.3 Å². The lowest BCUT2D eigenvalue weighted by atomic mass is 10.1. The van der Waals surface area contributed by atoms with Gasteiger partial charge in [0.25, 0.3) is 0 Å². The summed E-state index contributed by atoms with van der Waals surface area (Å²) in [6.07, 6.45) is 3.89. The van der Waals surface area contributed by atoms with Gasteiger partial charge in [-0.05, 0) is 18.7 Å². The molecule has 8 nitrogen and oxygen atoms in total. The molecule has 28 heavy (non-hydrogen) atoms. The average Bonchev–Trinajstić information content (AvgIpc) is 2.50. The molecule has 0 aliphatic carbocycles. The lowest BCUT2D eigenvalue weighted by molar-refractivity contribution is -0.930. The van der Waals surface area contributed by atoms with E-state index in [9.17, 15) is 0 Å². The molecule has 0 aromatic carbocycles. The number of aromatic nitrogens is 8. The van der Waals surface area contributed by atoms with Gasteiger partial charge in [0.1, 0.15) is 0 Å². The number of hydrogen-bond donors (Lipinski definition) is 0. The van der Waals surface area contributed by atoms with Crippen LogP contribution in [-0.2, 0) is 22.2 Å². The molecule has 0 saturated carbocycles. The molecule has 0 unspecified atom stereocenters. The molecule has 0 radical (unpaired) electrons. The first-order valence-electron chi connectivity index (χ1n) is 9.87. The predicted molar refractivity (Wildman–Crippen MR) is 104 cm³/mol. The van der Waals surface area contributed by atoms with Crippen LogP contribution in [0.2, 0.25) is 0 Å². The Morgan fingerprint density at radius 1 is 0.429 bits per heavy atom. The molecular formula is C20H38N8+4. The zero-order chi connectivity index (χ0) is 21.7. The summed E-state index contributed by atoms with van der Waals surface area (Å²) in [7, 11) is 0. The molecule has 154 valence electrons. The fourth-order valence-electron chi connectivity index (χ4n) is 2.23. The third kappa shape index (κ3) is 5.02. The van der Waals surface area contributed by atoms with Gasteiger partial charge in [0, 0.05) is 103 Å². The van der Waals surface area contributed by atoms with Crippen LogP contribution >= 0.6 is 0 Å². The SMILES string of the molecule is CC(C)(C)[n+]1c[n+](C(C)(C)C)nc(-c2n[n+](C(C)(C)C)c[n+](C(C)(C)C)n2)n1. The lowest BCUT2D eigenvalue weighted by Crippen LogP contribution is -2.66. The van der Waals surface area contributed by atoms with Crippen molar-refractivity contribution >= 4 is 0 Å². The highest BCUT2D eigenvalue weighted by Crippen LogP contribution is 2.10. The summed E-state index contributed by atoms with van der Waals surface area (Å²) in [5.41, 5.74) is -0.780. The van der Waals surface area contributed by atoms with Crippen molar-refractivity contribution in [2.45, 2.75) is 105 Å². The number of hydrogen-bond acceptors (Lipinski definition) is 4. The number of rotatable bonds is 1. The van der Waals surface area contributed by atoms with Crippen LogP contribution in [0, 0.1) is 0 Å². The molecule has 0 atom stereocenters. The van der Waals surface area contributed by atoms with E-state index in [0.717, 1.165) is 0 Å². The molecule has 8 heteroatoms. The fraction of sp³-hybridized carbons (Fsp3) is 0.800. The highest BCUT2D eigenvalue weighted by molar-refractivity contribution is 5.35. The Balaban J connectivity index is 2.83. The topological polar surface area (TPSA) is 67.1 Å². The number of nitrogens with zero attached hydrogens (tertiary/aromatic N) is 8. The fourth-order valence-corrected chi connectivity index (χ4v) is 2.23. The Morgan fingerprint density at radius 2 is 0.607 bits per heavy atom. The van der Waals surface area contributed by atoms with Gasteiger partial charge in [-0.25, -0.2) is 0 Å². The molecule has 0 aliphatic rings. The van der Waals surface area contributed by atoms with Crippen LogP contribution in [0.4, 0.5) is 0 Å². The van der Waals surface area contributed by atoms with Crippen molar-refractivity contribution in [1.82, 2.24) is 20.4 Å². The Morgan fingerprint density at radius 3 is 0.750 bits per heavy atom. The first kappa shape index (κ1) is 22.2.